The third-order valence-corrected chi connectivity index (χ3v) is 4.29. The van der Waals surface area contributed by atoms with Gasteiger partial charge in [-0.15, -0.1) is 0 Å². The molecule has 0 aliphatic heterocycles. The van der Waals surface area contributed by atoms with Crippen molar-refractivity contribution in [3.63, 3.8) is 0 Å². The summed E-state index contributed by atoms with van der Waals surface area (Å²) in [5.41, 5.74) is 1.23. The smallest absolute Gasteiger partial charge is 0.333 e. The average Bonchev–Trinajstić information content (AvgIpc) is 2.48. The molecule has 2 atom stereocenters. The topological polar surface area (TPSA) is 96.7 Å². The van der Waals surface area contributed by atoms with Gasteiger partial charge in [-0.2, -0.15) is 0 Å². The van der Waals surface area contributed by atoms with E-state index in [1.54, 1.807) is 48.7 Å². The van der Waals surface area contributed by atoms with Crippen LogP contribution in [0.3, 0.4) is 0 Å². The van der Waals surface area contributed by atoms with Gasteiger partial charge in [-0.3, -0.25) is 14.1 Å². The highest BCUT2D eigenvalue weighted by Crippen LogP contribution is 2.47. The standard InChI is InChI=1S/C15H16NO5P/c17-15(18)14(9-13-7-4-8-16-10-13)21-22(19,20)11-12-5-2-1-3-6-12/h1-8,10,14H,9,11H2,(H,17,18)(H,19,20). The maximum Gasteiger partial charge on any atom is 0.333 e. The molecule has 2 N–H and O–H groups in total. The summed E-state index contributed by atoms with van der Waals surface area (Å²) in [4.78, 5) is 25.1. The summed E-state index contributed by atoms with van der Waals surface area (Å²) in [6.07, 6.45) is 1.40. The van der Waals surface area contributed by atoms with Crippen molar-refractivity contribution >= 4 is 13.6 Å². The highest BCUT2D eigenvalue weighted by molar-refractivity contribution is 7.52. The highest BCUT2D eigenvalue weighted by atomic mass is 31.2. The number of rotatable bonds is 7. The van der Waals surface area contributed by atoms with E-state index in [0.717, 1.165) is 0 Å². The molecule has 116 valence electrons. The largest absolute Gasteiger partial charge is 0.479 e. The van der Waals surface area contributed by atoms with Gasteiger partial charge in [-0.1, -0.05) is 36.4 Å². The summed E-state index contributed by atoms with van der Waals surface area (Å²) in [5.74, 6) is -1.29. The van der Waals surface area contributed by atoms with E-state index in [1.807, 2.05) is 0 Å². The number of carboxylic acids is 1. The number of nitrogens with zero attached hydrogens (tertiary/aromatic N) is 1. The van der Waals surface area contributed by atoms with Gasteiger partial charge in [0.1, 0.15) is 0 Å². The Hall–Kier alpha value is -2.01. The van der Waals surface area contributed by atoms with Gasteiger partial charge in [-0.25, -0.2) is 4.79 Å². The second kappa shape index (κ2) is 7.31. The van der Waals surface area contributed by atoms with Crippen molar-refractivity contribution in [3.05, 3.63) is 66.0 Å². The molecule has 2 aromatic rings. The first-order chi connectivity index (χ1) is 10.5. The number of carboxylic acid groups (broad SMARTS) is 1. The quantitative estimate of drug-likeness (QED) is 0.761. The number of carbonyl (C=O) groups is 1. The Balaban J connectivity index is 2.06. The van der Waals surface area contributed by atoms with Crippen LogP contribution < -0.4 is 0 Å². The first kappa shape index (κ1) is 16.4. The first-order valence-corrected chi connectivity index (χ1v) is 8.38. The number of hydrogen-bond acceptors (Lipinski definition) is 4. The monoisotopic (exact) mass is 321 g/mol. The van der Waals surface area contributed by atoms with E-state index in [-0.39, 0.29) is 12.6 Å². The first-order valence-electron chi connectivity index (χ1n) is 6.62. The molecule has 1 heterocycles. The fourth-order valence-electron chi connectivity index (χ4n) is 1.95. The van der Waals surface area contributed by atoms with Gasteiger partial charge >= 0.3 is 13.6 Å². The maximum absolute atomic E-state index is 12.1. The molecule has 0 aliphatic carbocycles. The van der Waals surface area contributed by atoms with Crippen LogP contribution >= 0.6 is 7.60 Å². The van der Waals surface area contributed by atoms with Gasteiger partial charge in [0, 0.05) is 18.8 Å². The molecule has 1 aromatic carbocycles. The summed E-state index contributed by atoms with van der Waals surface area (Å²) >= 11 is 0. The molecule has 7 heteroatoms. The fraction of sp³-hybridized carbons (Fsp3) is 0.200. The number of aromatic nitrogens is 1. The van der Waals surface area contributed by atoms with Gasteiger partial charge in [0.2, 0.25) is 0 Å². The molecule has 0 amide bonds. The molecule has 2 unspecified atom stereocenters. The van der Waals surface area contributed by atoms with Crippen molar-refractivity contribution in [1.82, 2.24) is 4.98 Å². The molecule has 22 heavy (non-hydrogen) atoms. The lowest BCUT2D eigenvalue weighted by atomic mass is 10.1. The van der Waals surface area contributed by atoms with Gasteiger partial charge in [0.15, 0.2) is 6.10 Å². The lowest BCUT2D eigenvalue weighted by Gasteiger charge is -2.18. The summed E-state index contributed by atoms with van der Waals surface area (Å²) in [5, 5.41) is 9.19. The van der Waals surface area contributed by atoms with Crippen molar-refractivity contribution in [3.8, 4) is 0 Å². The van der Waals surface area contributed by atoms with Crippen LogP contribution in [-0.4, -0.2) is 27.1 Å². The second-order valence-corrected chi connectivity index (χ2v) is 6.58. The van der Waals surface area contributed by atoms with Crippen molar-refractivity contribution in [2.24, 2.45) is 0 Å². The van der Waals surface area contributed by atoms with Crippen molar-refractivity contribution in [1.29, 1.82) is 0 Å². The third kappa shape index (κ3) is 5.07. The minimum atomic E-state index is -4.06. The van der Waals surface area contributed by atoms with Gasteiger partial charge in [-0.05, 0) is 17.2 Å². The molecule has 6 nitrogen and oxygen atoms in total. The minimum absolute atomic E-state index is 0.0253. The Morgan fingerprint density at radius 1 is 1.18 bits per heavy atom. The van der Waals surface area contributed by atoms with E-state index in [2.05, 4.69) is 4.98 Å². The fourth-order valence-corrected chi connectivity index (χ4v) is 3.26. The van der Waals surface area contributed by atoms with Crippen LogP contribution in [0.5, 0.6) is 0 Å². The highest BCUT2D eigenvalue weighted by Gasteiger charge is 2.30. The summed E-state index contributed by atoms with van der Waals surface area (Å²) < 4.78 is 17.1. The van der Waals surface area contributed by atoms with E-state index in [4.69, 9.17) is 4.52 Å². The zero-order valence-electron chi connectivity index (χ0n) is 11.7. The van der Waals surface area contributed by atoms with E-state index in [9.17, 15) is 19.4 Å². The SMILES string of the molecule is O=C(O)C(Cc1cccnc1)OP(=O)(O)Cc1ccccc1. The van der Waals surface area contributed by atoms with Crippen LogP contribution in [0.1, 0.15) is 11.1 Å². The molecule has 0 radical (unpaired) electrons. The zero-order chi connectivity index (χ0) is 16.0. The molecule has 0 spiro atoms. The number of aliphatic carboxylic acids is 1. The summed E-state index contributed by atoms with van der Waals surface area (Å²) in [7, 11) is -4.06. The molecule has 2 rings (SSSR count). The summed E-state index contributed by atoms with van der Waals surface area (Å²) in [6, 6.07) is 12.0. The molecule has 0 aliphatic rings. The maximum atomic E-state index is 12.1. The lowest BCUT2D eigenvalue weighted by Crippen LogP contribution is -2.25. The van der Waals surface area contributed by atoms with E-state index in [0.29, 0.717) is 11.1 Å². The molecular formula is C15H16NO5P. The van der Waals surface area contributed by atoms with Crippen LogP contribution in [0.4, 0.5) is 0 Å². The van der Waals surface area contributed by atoms with Crippen molar-refractivity contribution in [2.45, 2.75) is 18.7 Å². The molecule has 0 fully saturated rings. The van der Waals surface area contributed by atoms with Crippen LogP contribution in [0.15, 0.2) is 54.9 Å². The Kier molecular flexibility index (Phi) is 5.44. The summed E-state index contributed by atoms with van der Waals surface area (Å²) in [6.45, 7) is 0. The van der Waals surface area contributed by atoms with Crippen LogP contribution in [0.2, 0.25) is 0 Å². The molecule has 0 saturated carbocycles. The normalized spacial score (nSPS) is 15.0. The molecule has 0 saturated heterocycles. The number of benzene rings is 1. The average molecular weight is 321 g/mol. The van der Waals surface area contributed by atoms with E-state index in [1.165, 1.54) is 6.20 Å². The van der Waals surface area contributed by atoms with Crippen LogP contribution in [0.25, 0.3) is 0 Å². The zero-order valence-corrected chi connectivity index (χ0v) is 12.6. The third-order valence-electron chi connectivity index (χ3n) is 2.94. The molecular weight excluding hydrogens is 305 g/mol. The second-order valence-electron chi connectivity index (χ2n) is 4.78. The number of pyridine rings is 1. The van der Waals surface area contributed by atoms with Crippen LogP contribution in [-0.2, 0) is 26.5 Å². The van der Waals surface area contributed by atoms with Crippen molar-refractivity contribution < 1.29 is 23.9 Å². The van der Waals surface area contributed by atoms with Gasteiger partial charge in [0.25, 0.3) is 0 Å². The lowest BCUT2D eigenvalue weighted by molar-refractivity contribution is -0.145. The number of hydrogen-bond donors (Lipinski definition) is 2. The Labute approximate surface area is 127 Å². The predicted octanol–water partition coefficient (Wildman–Crippen LogP) is 2.48. The molecule has 0 bridgehead atoms. The van der Waals surface area contributed by atoms with Crippen molar-refractivity contribution in [2.75, 3.05) is 0 Å². The van der Waals surface area contributed by atoms with Crippen LogP contribution in [0, 0.1) is 0 Å². The Morgan fingerprint density at radius 3 is 2.45 bits per heavy atom. The predicted molar refractivity (Wildman–Crippen MR) is 80.4 cm³/mol. The van der Waals surface area contributed by atoms with E-state index < -0.39 is 19.7 Å². The van der Waals surface area contributed by atoms with Gasteiger partial charge < -0.3 is 10.00 Å². The Bertz CT molecular complexity index is 662. The molecule has 1 aromatic heterocycles. The van der Waals surface area contributed by atoms with Gasteiger partial charge in [0.05, 0.1) is 6.16 Å². The van der Waals surface area contributed by atoms with E-state index >= 15 is 0 Å². The minimum Gasteiger partial charge on any atom is -0.479 e. The Morgan fingerprint density at radius 2 is 1.86 bits per heavy atom.